The standard InChI is InChI=1S/C33H39ClN4O4/c1-37(21-22-10-4-2-5-11-22)18-9-19-38-29(31(40)35-24-13-6-3-7-14-24)33-17-16-26(42-33)27(28(33)32(38)41)30(39)36-25-15-8-12-23(34)20-25/h2,4-5,8,10-12,15-17,20,24,26-29H,3,6-7,9,13-14,18-19,21H2,1H3,(H,35,40)(H,36,39)/t26-,27+,28-,29-,33+/m1/s1. The van der Waals surface area contributed by atoms with E-state index < -0.39 is 29.6 Å². The Bertz CT molecular complexity index is 1350. The third kappa shape index (κ3) is 5.60. The predicted molar refractivity (Wildman–Crippen MR) is 162 cm³/mol. The van der Waals surface area contributed by atoms with E-state index in [0.29, 0.717) is 23.7 Å². The highest BCUT2D eigenvalue weighted by Gasteiger charge is 2.72. The molecule has 2 aromatic carbocycles. The largest absolute Gasteiger partial charge is 0.359 e. The zero-order valence-corrected chi connectivity index (χ0v) is 24.8. The molecule has 5 atom stereocenters. The molecule has 1 aliphatic carbocycles. The Morgan fingerprint density at radius 2 is 1.86 bits per heavy atom. The molecular formula is C33H39ClN4O4. The number of amides is 3. The first kappa shape index (κ1) is 28.9. The van der Waals surface area contributed by atoms with Crippen molar-refractivity contribution in [2.24, 2.45) is 11.8 Å². The SMILES string of the molecule is CN(CCCN1C(=O)[C@H]2[C@@H](C(=O)Nc3cccc(Cl)c3)[C@H]3C=C[C@@]2(O3)[C@H]1C(=O)NC1CCCCC1)Cc1ccccc1. The summed E-state index contributed by atoms with van der Waals surface area (Å²) in [7, 11) is 2.06. The fourth-order valence-electron chi connectivity index (χ4n) is 7.31. The van der Waals surface area contributed by atoms with E-state index in [0.717, 1.165) is 38.8 Å². The van der Waals surface area contributed by atoms with Crippen molar-refractivity contribution in [2.75, 3.05) is 25.5 Å². The Morgan fingerprint density at radius 1 is 1.07 bits per heavy atom. The molecule has 1 spiro atoms. The van der Waals surface area contributed by atoms with E-state index in [1.54, 1.807) is 29.2 Å². The molecule has 1 saturated carbocycles. The second-order valence-electron chi connectivity index (χ2n) is 12.2. The topological polar surface area (TPSA) is 91.0 Å². The highest BCUT2D eigenvalue weighted by molar-refractivity contribution is 6.30. The molecule has 9 heteroatoms. The number of nitrogens with zero attached hydrogens (tertiary/aromatic N) is 2. The monoisotopic (exact) mass is 590 g/mol. The molecular weight excluding hydrogens is 552 g/mol. The molecule has 3 fully saturated rings. The number of fused-ring (bicyclic) bond motifs is 1. The van der Waals surface area contributed by atoms with Gasteiger partial charge in [0.05, 0.1) is 17.9 Å². The average Bonchev–Trinajstić information content (AvgIpc) is 3.61. The maximum atomic E-state index is 14.2. The molecule has 3 amide bonds. The van der Waals surface area contributed by atoms with Crippen molar-refractivity contribution in [3.63, 3.8) is 0 Å². The van der Waals surface area contributed by atoms with Gasteiger partial charge in [-0.25, -0.2) is 0 Å². The number of rotatable bonds is 10. The quantitative estimate of drug-likeness (QED) is 0.400. The Labute approximate surface area is 252 Å². The number of likely N-dealkylation sites (tertiary alicyclic amines) is 1. The van der Waals surface area contributed by atoms with Gasteiger partial charge in [0.1, 0.15) is 11.6 Å². The molecule has 2 bridgehead atoms. The summed E-state index contributed by atoms with van der Waals surface area (Å²) in [5, 5.41) is 6.69. The molecule has 4 aliphatic rings. The van der Waals surface area contributed by atoms with Gasteiger partial charge in [-0.15, -0.1) is 0 Å². The van der Waals surface area contributed by atoms with E-state index in [1.165, 1.54) is 12.0 Å². The fourth-order valence-corrected chi connectivity index (χ4v) is 7.50. The van der Waals surface area contributed by atoms with Crippen LogP contribution in [0.25, 0.3) is 0 Å². The van der Waals surface area contributed by atoms with E-state index in [2.05, 4.69) is 34.7 Å². The number of carbonyl (C=O) groups is 3. The second kappa shape index (κ2) is 12.2. The van der Waals surface area contributed by atoms with Crippen LogP contribution in [0.3, 0.4) is 0 Å². The molecule has 42 heavy (non-hydrogen) atoms. The molecule has 0 unspecified atom stereocenters. The van der Waals surface area contributed by atoms with Crippen molar-refractivity contribution in [3.05, 3.63) is 77.3 Å². The summed E-state index contributed by atoms with van der Waals surface area (Å²) >= 11 is 6.14. The first-order valence-corrected chi connectivity index (χ1v) is 15.5. The van der Waals surface area contributed by atoms with Gasteiger partial charge in [0.25, 0.3) is 0 Å². The summed E-state index contributed by atoms with van der Waals surface area (Å²) in [6.07, 6.45) is 9.09. The fraction of sp³-hybridized carbons (Fsp3) is 0.485. The summed E-state index contributed by atoms with van der Waals surface area (Å²) in [5.41, 5.74) is 0.621. The lowest BCUT2D eigenvalue weighted by Gasteiger charge is -2.34. The number of nitrogens with one attached hydrogen (secondary N) is 2. The van der Waals surface area contributed by atoms with Crippen LogP contribution in [0.5, 0.6) is 0 Å². The van der Waals surface area contributed by atoms with Crippen molar-refractivity contribution in [3.8, 4) is 0 Å². The number of carbonyl (C=O) groups excluding carboxylic acids is 3. The van der Waals surface area contributed by atoms with Crippen molar-refractivity contribution < 1.29 is 19.1 Å². The van der Waals surface area contributed by atoms with Crippen molar-refractivity contribution in [1.82, 2.24) is 15.1 Å². The van der Waals surface area contributed by atoms with Crippen LogP contribution >= 0.6 is 11.6 Å². The summed E-state index contributed by atoms with van der Waals surface area (Å²) in [4.78, 5) is 45.7. The lowest BCUT2D eigenvalue weighted by atomic mass is 9.74. The predicted octanol–water partition coefficient (Wildman–Crippen LogP) is 4.40. The number of hydrogen-bond acceptors (Lipinski definition) is 5. The highest BCUT2D eigenvalue weighted by Crippen LogP contribution is 2.55. The van der Waals surface area contributed by atoms with E-state index in [4.69, 9.17) is 16.3 Å². The van der Waals surface area contributed by atoms with Gasteiger partial charge < -0.3 is 25.2 Å². The zero-order valence-electron chi connectivity index (χ0n) is 24.0. The Hall–Kier alpha value is -3.20. The van der Waals surface area contributed by atoms with Crippen molar-refractivity contribution in [1.29, 1.82) is 0 Å². The van der Waals surface area contributed by atoms with Gasteiger partial charge in [0.2, 0.25) is 17.7 Å². The van der Waals surface area contributed by atoms with Gasteiger partial charge in [-0.05, 0) is 56.6 Å². The minimum absolute atomic E-state index is 0.0974. The minimum atomic E-state index is -1.16. The van der Waals surface area contributed by atoms with Crippen molar-refractivity contribution >= 4 is 35.0 Å². The van der Waals surface area contributed by atoms with Crippen LogP contribution in [0.2, 0.25) is 5.02 Å². The van der Waals surface area contributed by atoms with Crippen LogP contribution in [0, 0.1) is 11.8 Å². The lowest BCUT2D eigenvalue weighted by Crippen LogP contribution is -2.56. The molecule has 222 valence electrons. The lowest BCUT2D eigenvalue weighted by molar-refractivity contribution is -0.141. The van der Waals surface area contributed by atoms with Crippen LogP contribution in [0.1, 0.15) is 44.1 Å². The third-order valence-electron chi connectivity index (χ3n) is 9.20. The minimum Gasteiger partial charge on any atom is -0.359 e. The molecule has 2 N–H and O–H groups in total. The second-order valence-corrected chi connectivity index (χ2v) is 12.6. The molecule has 6 rings (SSSR count). The average molecular weight is 591 g/mol. The highest BCUT2D eigenvalue weighted by atomic mass is 35.5. The molecule has 0 radical (unpaired) electrons. The number of ether oxygens (including phenoxy) is 1. The molecule has 2 saturated heterocycles. The summed E-state index contributed by atoms with van der Waals surface area (Å²) in [5.74, 6) is -2.19. The Balaban J connectivity index is 1.21. The van der Waals surface area contributed by atoms with Crippen LogP contribution < -0.4 is 10.6 Å². The van der Waals surface area contributed by atoms with E-state index in [-0.39, 0.29) is 23.8 Å². The third-order valence-corrected chi connectivity index (χ3v) is 9.44. The van der Waals surface area contributed by atoms with E-state index >= 15 is 0 Å². The normalized spacial score (nSPS) is 28.4. The first-order chi connectivity index (χ1) is 20.4. The summed E-state index contributed by atoms with van der Waals surface area (Å²) in [6.45, 7) is 1.96. The maximum Gasteiger partial charge on any atom is 0.246 e. The first-order valence-electron chi connectivity index (χ1n) is 15.1. The molecule has 2 aromatic rings. The number of halogens is 1. The van der Waals surface area contributed by atoms with Crippen LogP contribution in [-0.2, 0) is 25.7 Å². The van der Waals surface area contributed by atoms with Crippen LogP contribution in [0.15, 0.2) is 66.7 Å². The van der Waals surface area contributed by atoms with Crippen LogP contribution in [0.4, 0.5) is 5.69 Å². The zero-order chi connectivity index (χ0) is 29.3. The molecule has 3 aliphatic heterocycles. The Kier molecular flexibility index (Phi) is 8.39. The summed E-state index contributed by atoms with van der Waals surface area (Å²) in [6, 6.07) is 16.5. The summed E-state index contributed by atoms with van der Waals surface area (Å²) < 4.78 is 6.48. The molecule has 0 aromatic heterocycles. The van der Waals surface area contributed by atoms with Gasteiger partial charge in [0.15, 0.2) is 0 Å². The molecule has 3 heterocycles. The van der Waals surface area contributed by atoms with E-state index in [9.17, 15) is 14.4 Å². The number of anilines is 1. The van der Waals surface area contributed by atoms with Gasteiger partial charge in [-0.2, -0.15) is 0 Å². The Morgan fingerprint density at radius 3 is 2.62 bits per heavy atom. The van der Waals surface area contributed by atoms with Gasteiger partial charge >= 0.3 is 0 Å². The maximum absolute atomic E-state index is 14.2. The smallest absolute Gasteiger partial charge is 0.246 e. The van der Waals surface area contributed by atoms with Crippen molar-refractivity contribution in [2.45, 2.75) is 68.9 Å². The molecule has 8 nitrogen and oxygen atoms in total. The van der Waals surface area contributed by atoms with Gasteiger partial charge in [-0.3, -0.25) is 14.4 Å². The number of benzene rings is 2. The van der Waals surface area contributed by atoms with E-state index in [1.807, 2.05) is 30.4 Å². The van der Waals surface area contributed by atoms with Gasteiger partial charge in [0, 0.05) is 29.8 Å². The number of hydrogen-bond donors (Lipinski definition) is 2. The van der Waals surface area contributed by atoms with Gasteiger partial charge in [-0.1, -0.05) is 79.4 Å². The van der Waals surface area contributed by atoms with Crippen LogP contribution in [-0.4, -0.2) is 71.4 Å².